The van der Waals surface area contributed by atoms with Crippen molar-refractivity contribution in [2.24, 2.45) is 4.99 Å². The number of nitrogens with zero attached hydrogens (tertiary/aromatic N) is 2. The van der Waals surface area contributed by atoms with Crippen LogP contribution in [0.15, 0.2) is 41.5 Å². The zero-order chi connectivity index (χ0) is 16.0. The number of hydrogen-bond acceptors (Lipinski definition) is 3. The molecular formula is C17H13ClN4O. The molecule has 5 nitrogen and oxygen atoms in total. The highest BCUT2D eigenvalue weighted by Crippen LogP contribution is 2.32. The monoisotopic (exact) mass is 324 g/mol. The largest absolute Gasteiger partial charge is 0.351 e. The maximum absolute atomic E-state index is 12.0. The molecule has 4 rings (SSSR count). The molecule has 0 fully saturated rings. The van der Waals surface area contributed by atoms with Gasteiger partial charge in [0, 0.05) is 33.4 Å². The Morgan fingerprint density at radius 3 is 2.87 bits per heavy atom. The van der Waals surface area contributed by atoms with E-state index in [1.165, 1.54) is 0 Å². The Hall–Kier alpha value is -2.66. The topological polar surface area (TPSA) is 70.1 Å². The minimum atomic E-state index is -0.151. The summed E-state index contributed by atoms with van der Waals surface area (Å²) in [5.41, 5.74) is 4.91. The number of anilines is 1. The number of carbonyl (C=O) groups excluding carboxylic acids is 1. The molecule has 0 aliphatic carbocycles. The van der Waals surface area contributed by atoms with Crippen molar-refractivity contribution in [2.45, 2.75) is 6.92 Å². The third-order valence-electron chi connectivity index (χ3n) is 3.83. The van der Waals surface area contributed by atoms with E-state index in [2.05, 4.69) is 20.3 Å². The Balaban J connectivity index is 1.97. The molecule has 114 valence electrons. The van der Waals surface area contributed by atoms with Crippen LogP contribution < -0.4 is 5.32 Å². The first kappa shape index (κ1) is 14.0. The Morgan fingerprint density at radius 1 is 1.22 bits per heavy atom. The fourth-order valence-corrected chi connectivity index (χ4v) is 2.90. The van der Waals surface area contributed by atoms with Crippen LogP contribution in [0.3, 0.4) is 0 Å². The van der Waals surface area contributed by atoms with Gasteiger partial charge in [0.1, 0.15) is 6.54 Å². The van der Waals surface area contributed by atoms with E-state index in [1.807, 2.05) is 37.3 Å². The molecule has 2 N–H and O–H groups in total. The van der Waals surface area contributed by atoms with E-state index in [-0.39, 0.29) is 12.5 Å². The molecule has 0 bridgehead atoms. The van der Waals surface area contributed by atoms with Crippen LogP contribution >= 0.6 is 11.6 Å². The van der Waals surface area contributed by atoms with Crippen molar-refractivity contribution in [2.75, 3.05) is 11.9 Å². The van der Waals surface area contributed by atoms with Gasteiger partial charge >= 0.3 is 0 Å². The van der Waals surface area contributed by atoms with Gasteiger partial charge in [-0.2, -0.15) is 0 Å². The third-order valence-corrected chi connectivity index (χ3v) is 4.06. The number of nitrogens with one attached hydrogen (secondary N) is 2. The maximum Gasteiger partial charge on any atom is 0.246 e. The number of aryl methyl sites for hydroxylation is 1. The average molecular weight is 325 g/mol. The summed E-state index contributed by atoms with van der Waals surface area (Å²) in [4.78, 5) is 24.1. The number of H-pyrrole nitrogens is 1. The van der Waals surface area contributed by atoms with Crippen molar-refractivity contribution in [3.63, 3.8) is 0 Å². The van der Waals surface area contributed by atoms with Crippen LogP contribution in [0.5, 0.6) is 0 Å². The fourth-order valence-electron chi connectivity index (χ4n) is 2.72. The van der Waals surface area contributed by atoms with Crippen LogP contribution in [-0.4, -0.2) is 28.1 Å². The normalized spacial score (nSPS) is 14.2. The molecule has 0 saturated carbocycles. The summed E-state index contributed by atoms with van der Waals surface area (Å²) in [6, 6.07) is 9.43. The second kappa shape index (κ2) is 5.21. The molecular weight excluding hydrogens is 312 g/mol. The van der Waals surface area contributed by atoms with Crippen LogP contribution in [0.1, 0.15) is 17.0 Å². The molecule has 0 radical (unpaired) electrons. The lowest BCUT2D eigenvalue weighted by molar-refractivity contribution is -0.114. The smallest absolute Gasteiger partial charge is 0.246 e. The summed E-state index contributed by atoms with van der Waals surface area (Å²) >= 11 is 6.10. The summed E-state index contributed by atoms with van der Waals surface area (Å²) in [6.07, 6.45) is 1.77. The molecule has 6 heteroatoms. The molecule has 3 aromatic rings. The number of amides is 1. The minimum absolute atomic E-state index is 0.0772. The SMILES string of the molecule is Cc1ccc(C2=NCC(=O)Nc3c2[nH]c2ccc(Cl)cc32)cn1. The predicted octanol–water partition coefficient (Wildman–Crippen LogP) is 3.31. The highest BCUT2D eigenvalue weighted by molar-refractivity contribution is 6.32. The quantitative estimate of drug-likeness (QED) is 0.721. The van der Waals surface area contributed by atoms with Gasteiger partial charge in [-0.15, -0.1) is 0 Å². The molecule has 0 unspecified atom stereocenters. The standard InChI is InChI=1S/C17H13ClN4O/c1-9-2-3-10(7-19-9)15-17-16(22-14(23)8-20-15)12-6-11(18)4-5-13(12)21-17/h2-7,21H,8H2,1H3,(H,22,23). The van der Waals surface area contributed by atoms with Gasteiger partial charge in [-0.05, 0) is 37.3 Å². The Morgan fingerprint density at radius 2 is 2.09 bits per heavy atom. The molecule has 2 aromatic heterocycles. The van der Waals surface area contributed by atoms with Gasteiger partial charge in [0.15, 0.2) is 0 Å². The van der Waals surface area contributed by atoms with Crippen LogP contribution in [0.25, 0.3) is 10.9 Å². The predicted molar refractivity (Wildman–Crippen MR) is 91.4 cm³/mol. The zero-order valence-electron chi connectivity index (χ0n) is 12.4. The molecule has 1 aliphatic heterocycles. The highest BCUT2D eigenvalue weighted by atomic mass is 35.5. The van der Waals surface area contributed by atoms with Gasteiger partial charge in [0.2, 0.25) is 5.91 Å². The number of carbonyl (C=O) groups is 1. The van der Waals surface area contributed by atoms with Gasteiger partial charge in [-0.1, -0.05) is 11.6 Å². The molecule has 23 heavy (non-hydrogen) atoms. The van der Waals surface area contributed by atoms with Crippen molar-refractivity contribution >= 4 is 39.8 Å². The van der Waals surface area contributed by atoms with E-state index in [0.717, 1.165) is 33.6 Å². The number of aliphatic imine (C=N–C) groups is 1. The number of aromatic nitrogens is 2. The first-order valence-electron chi connectivity index (χ1n) is 7.21. The summed E-state index contributed by atoms with van der Waals surface area (Å²) in [5, 5.41) is 4.41. The molecule has 0 spiro atoms. The zero-order valence-corrected chi connectivity index (χ0v) is 13.1. The van der Waals surface area contributed by atoms with E-state index < -0.39 is 0 Å². The molecule has 1 aliphatic rings. The number of aromatic amines is 1. The van der Waals surface area contributed by atoms with Crippen LogP contribution in [0, 0.1) is 6.92 Å². The highest BCUT2D eigenvalue weighted by Gasteiger charge is 2.22. The van der Waals surface area contributed by atoms with Crippen molar-refractivity contribution in [1.29, 1.82) is 0 Å². The number of pyridine rings is 1. The van der Waals surface area contributed by atoms with E-state index >= 15 is 0 Å². The average Bonchev–Trinajstić information content (AvgIpc) is 2.78. The number of fused-ring (bicyclic) bond motifs is 3. The summed E-state index contributed by atoms with van der Waals surface area (Å²) in [5.74, 6) is -0.151. The van der Waals surface area contributed by atoms with Gasteiger partial charge in [0.05, 0.1) is 17.1 Å². The first-order chi connectivity index (χ1) is 11.1. The lowest BCUT2D eigenvalue weighted by Gasteiger charge is -2.05. The number of rotatable bonds is 1. The fraction of sp³-hybridized carbons (Fsp3) is 0.118. The van der Waals surface area contributed by atoms with E-state index in [1.54, 1.807) is 6.20 Å². The van der Waals surface area contributed by atoms with Crippen molar-refractivity contribution in [3.05, 3.63) is 58.5 Å². The lowest BCUT2D eigenvalue weighted by Crippen LogP contribution is -2.13. The van der Waals surface area contributed by atoms with Gasteiger partial charge in [-0.3, -0.25) is 14.8 Å². The Bertz CT molecular complexity index is 957. The van der Waals surface area contributed by atoms with Crippen LogP contribution in [0.2, 0.25) is 5.02 Å². The summed E-state index contributed by atoms with van der Waals surface area (Å²) in [7, 11) is 0. The molecule has 0 atom stereocenters. The Labute approximate surface area is 137 Å². The summed E-state index contributed by atoms with van der Waals surface area (Å²) in [6.45, 7) is 2.01. The number of hydrogen-bond donors (Lipinski definition) is 2. The second-order valence-corrected chi connectivity index (χ2v) is 5.90. The van der Waals surface area contributed by atoms with Crippen LogP contribution in [0.4, 0.5) is 5.69 Å². The number of halogens is 1. The molecule has 1 amide bonds. The maximum atomic E-state index is 12.0. The molecule has 0 saturated heterocycles. The lowest BCUT2D eigenvalue weighted by atomic mass is 10.1. The van der Waals surface area contributed by atoms with E-state index in [9.17, 15) is 4.79 Å². The third kappa shape index (κ3) is 2.39. The van der Waals surface area contributed by atoms with Crippen molar-refractivity contribution in [3.8, 4) is 0 Å². The van der Waals surface area contributed by atoms with Gasteiger partial charge in [-0.25, -0.2) is 0 Å². The van der Waals surface area contributed by atoms with E-state index in [0.29, 0.717) is 10.7 Å². The summed E-state index contributed by atoms with van der Waals surface area (Å²) < 4.78 is 0. The number of benzene rings is 1. The van der Waals surface area contributed by atoms with Crippen LogP contribution in [-0.2, 0) is 4.79 Å². The Kier molecular flexibility index (Phi) is 3.16. The second-order valence-electron chi connectivity index (χ2n) is 5.47. The van der Waals surface area contributed by atoms with Crippen molar-refractivity contribution in [1.82, 2.24) is 9.97 Å². The first-order valence-corrected chi connectivity index (χ1v) is 7.58. The van der Waals surface area contributed by atoms with Gasteiger partial charge < -0.3 is 10.3 Å². The molecule has 3 heterocycles. The van der Waals surface area contributed by atoms with Crippen molar-refractivity contribution < 1.29 is 4.79 Å². The van der Waals surface area contributed by atoms with Gasteiger partial charge in [0.25, 0.3) is 0 Å². The molecule has 1 aromatic carbocycles. The minimum Gasteiger partial charge on any atom is -0.351 e. The van der Waals surface area contributed by atoms with E-state index in [4.69, 9.17) is 11.6 Å².